The van der Waals surface area contributed by atoms with Gasteiger partial charge in [0.15, 0.2) is 11.6 Å². The van der Waals surface area contributed by atoms with Crippen molar-refractivity contribution >= 4 is 45.7 Å². The zero-order valence-corrected chi connectivity index (χ0v) is 34.4. The molecule has 0 aromatic heterocycles. The molecule has 0 spiro atoms. The molecule has 2 N–H and O–H groups in total. The number of carbonyl (C=O) groups excluding carboxylic acids is 2. The molecule has 8 bridgehead atoms. The van der Waals surface area contributed by atoms with Crippen LogP contribution in [0, 0.1) is 13.8 Å². The maximum Gasteiger partial charge on any atom is 0.185 e. The van der Waals surface area contributed by atoms with Crippen molar-refractivity contribution in [2.45, 2.75) is 67.2 Å². The van der Waals surface area contributed by atoms with Crippen LogP contribution in [0.3, 0.4) is 0 Å². The summed E-state index contributed by atoms with van der Waals surface area (Å²) in [5.41, 5.74) is 11.3. The number of aliphatic imine (C=N–C) groups is 2. The average Bonchev–Trinajstić information content (AvgIpc) is 3.20. The highest BCUT2D eigenvalue weighted by Crippen LogP contribution is 2.36. The number of para-hydroxylation sites is 2. The third-order valence-corrected chi connectivity index (χ3v) is 11.5. The zero-order valence-electron chi connectivity index (χ0n) is 34.4. The SMILES string of the molecule is CCN(CC)c1ccc(N=C2C=C3CC4=CC(=Nc5ccc(N(CC)CC)cc5C)C=C(Cc5cccc(c5O)Cc5cccc(c5O)CC(=C2)C3=O)C4=O)c(C)c1. The van der Waals surface area contributed by atoms with Crippen molar-refractivity contribution in [2.75, 3.05) is 36.0 Å². The topological polar surface area (TPSA) is 106 Å². The van der Waals surface area contributed by atoms with Gasteiger partial charge in [-0.1, -0.05) is 36.4 Å². The van der Waals surface area contributed by atoms with Gasteiger partial charge in [0, 0.05) is 85.5 Å². The molecule has 0 aliphatic heterocycles. The van der Waals surface area contributed by atoms with E-state index in [0.29, 0.717) is 56.0 Å². The summed E-state index contributed by atoms with van der Waals surface area (Å²) in [5, 5.41) is 23.1. The number of phenolic OH excluding ortho intramolecular Hbond substituents is 2. The summed E-state index contributed by atoms with van der Waals surface area (Å²) in [7, 11) is 0. The standard InChI is InChI=1S/C50H52N4O4/c1-7-53(8-2)43-17-19-45(31(5)21-43)51-41-27-37-24-35-15-11-13-33(47(35)55)23-34-14-12-16-36(48(34)56)25-38-28-42(30-40(50(38)58)26-39(29-41)49(37)57)52-46-20-18-44(22-32(46)6)54(9-3)10-4/h11-22,27-30,55-56H,7-10,23-26H2,1-6H3. The monoisotopic (exact) mass is 772 g/mol. The highest BCUT2D eigenvalue weighted by Gasteiger charge is 2.29. The van der Waals surface area contributed by atoms with E-state index in [1.807, 2.05) is 62.4 Å². The minimum absolute atomic E-state index is 0.0577. The van der Waals surface area contributed by atoms with Crippen LogP contribution in [0.5, 0.6) is 11.5 Å². The van der Waals surface area contributed by atoms with Crippen LogP contribution in [0.15, 0.2) is 129 Å². The predicted molar refractivity (Wildman–Crippen MR) is 237 cm³/mol. The van der Waals surface area contributed by atoms with Crippen molar-refractivity contribution in [3.8, 4) is 11.5 Å². The molecule has 7 rings (SSSR count). The third-order valence-electron chi connectivity index (χ3n) is 11.5. The van der Waals surface area contributed by atoms with Crippen molar-refractivity contribution in [3.63, 3.8) is 0 Å². The first-order valence-electron chi connectivity index (χ1n) is 20.4. The van der Waals surface area contributed by atoms with Gasteiger partial charge >= 0.3 is 0 Å². The van der Waals surface area contributed by atoms with Gasteiger partial charge in [-0.25, -0.2) is 9.98 Å². The fraction of sp³-hybridized carbons (Fsp3) is 0.280. The Morgan fingerprint density at radius 1 is 0.500 bits per heavy atom. The van der Waals surface area contributed by atoms with E-state index in [4.69, 9.17) is 9.98 Å². The summed E-state index contributed by atoms with van der Waals surface area (Å²) in [6.07, 6.45) is 7.82. The molecule has 0 fully saturated rings. The Kier molecular flexibility index (Phi) is 11.7. The number of allylic oxidation sites excluding steroid dienone is 8. The van der Waals surface area contributed by atoms with Crippen molar-refractivity contribution in [2.24, 2.45) is 9.98 Å². The number of carbonyl (C=O) groups is 2. The first-order valence-corrected chi connectivity index (χ1v) is 20.4. The van der Waals surface area contributed by atoms with Gasteiger partial charge < -0.3 is 20.0 Å². The summed E-state index contributed by atoms with van der Waals surface area (Å²) in [6.45, 7) is 16.2. The van der Waals surface area contributed by atoms with E-state index in [-0.39, 0.29) is 48.7 Å². The largest absolute Gasteiger partial charge is 0.507 e. The fourth-order valence-electron chi connectivity index (χ4n) is 8.19. The number of Topliss-reactive ketones (excluding diaryl/α,β-unsaturated/α-hetero) is 2. The van der Waals surface area contributed by atoms with Crippen molar-refractivity contribution in [3.05, 3.63) is 153 Å². The Morgan fingerprint density at radius 3 is 1.19 bits per heavy atom. The van der Waals surface area contributed by atoms with E-state index in [0.717, 1.165) is 60.1 Å². The molecule has 296 valence electrons. The number of rotatable bonds is 8. The maximum absolute atomic E-state index is 14.5. The Morgan fingerprint density at radius 2 is 0.845 bits per heavy atom. The van der Waals surface area contributed by atoms with Crippen LogP contribution in [-0.2, 0) is 28.9 Å². The minimum Gasteiger partial charge on any atom is -0.507 e. The summed E-state index contributed by atoms with van der Waals surface area (Å²) >= 11 is 0. The maximum atomic E-state index is 14.5. The molecule has 8 nitrogen and oxygen atoms in total. The Bertz CT molecular complexity index is 2320. The molecule has 0 atom stereocenters. The number of ketones is 2. The molecule has 0 saturated carbocycles. The molecule has 58 heavy (non-hydrogen) atoms. The summed E-state index contributed by atoms with van der Waals surface area (Å²) in [4.78, 5) is 43.7. The van der Waals surface area contributed by atoms with Crippen LogP contribution >= 0.6 is 0 Å². The molecule has 0 radical (unpaired) electrons. The second-order valence-corrected chi connectivity index (χ2v) is 15.3. The molecule has 4 aromatic rings. The Labute approximate surface area is 342 Å². The first-order chi connectivity index (χ1) is 28.0. The number of hydrogen-bond acceptors (Lipinski definition) is 8. The first kappa shape index (κ1) is 39.9. The van der Waals surface area contributed by atoms with Gasteiger partial charge in [-0.15, -0.1) is 0 Å². The van der Waals surface area contributed by atoms with Gasteiger partial charge in [-0.3, -0.25) is 9.59 Å². The van der Waals surface area contributed by atoms with E-state index in [1.54, 1.807) is 24.3 Å². The fourth-order valence-corrected chi connectivity index (χ4v) is 8.19. The molecule has 0 unspecified atom stereocenters. The number of nitrogens with zero attached hydrogens (tertiary/aromatic N) is 4. The number of aryl methyl sites for hydroxylation is 2. The number of hydrogen-bond donors (Lipinski definition) is 2. The van der Waals surface area contributed by atoms with E-state index in [9.17, 15) is 19.8 Å². The normalized spacial score (nSPS) is 16.8. The van der Waals surface area contributed by atoms with Crippen molar-refractivity contribution < 1.29 is 19.8 Å². The predicted octanol–water partition coefficient (Wildman–Crippen LogP) is 9.90. The molecule has 8 heteroatoms. The van der Waals surface area contributed by atoms with Crippen LogP contribution in [0.2, 0.25) is 0 Å². The molecule has 0 amide bonds. The smallest absolute Gasteiger partial charge is 0.185 e. The summed E-state index contributed by atoms with van der Waals surface area (Å²) < 4.78 is 0. The molecule has 4 aromatic carbocycles. The molecule has 3 aliphatic carbocycles. The second kappa shape index (κ2) is 17.1. The average molecular weight is 773 g/mol. The third kappa shape index (κ3) is 8.23. The van der Waals surface area contributed by atoms with E-state index in [1.165, 1.54) is 0 Å². The number of fused-ring (bicyclic) bond motifs is 8. The zero-order chi connectivity index (χ0) is 41.1. The van der Waals surface area contributed by atoms with Crippen molar-refractivity contribution in [1.82, 2.24) is 0 Å². The number of aromatic hydroxyl groups is 2. The molecule has 3 aliphatic rings. The van der Waals surface area contributed by atoms with Crippen LogP contribution < -0.4 is 9.80 Å². The number of benzene rings is 4. The second-order valence-electron chi connectivity index (χ2n) is 15.3. The van der Waals surface area contributed by atoms with E-state index < -0.39 is 0 Å². The van der Waals surface area contributed by atoms with Gasteiger partial charge in [-0.05, 0) is 136 Å². The minimum atomic E-state index is -0.196. The summed E-state index contributed by atoms with van der Waals surface area (Å²) in [5.74, 6) is -0.217. The Balaban J connectivity index is 1.37. The van der Waals surface area contributed by atoms with Crippen LogP contribution in [0.4, 0.5) is 22.7 Å². The van der Waals surface area contributed by atoms with Gasteiger partial charge in [0.2, 0.25) is 0 Å². The van der Waals surface area contributed by atoms with Gasteiger partial charge in [0.05, 0.1) is 22.8 Å². The lowest BCUT2D eigenvalue weighted by molar-refractivity contribution is -0.112. The highest BCUT2D eigenvalue weighted by molar-refractivity contribution is 6.26. The summed E-state index contributed by atoms with van der Waals surface area (Å²) in [6, 6.07) is 23.5. The Hall–Kier alpha value is -6.28. The number of phenols is 2. The van der Waals surface area contributed by atoms with Crippen LogP contribution in [0.1, 0.15) is 67.5 Å². The quantitative estimate of drug-likeness (QED) is 0.173. The lowest BCUT2D eigenvalue weighted by atomic mass is 9.82. The molecular formula is C50H52N4O4. The van der Waals surface area contributed by atoms with E-state index in [2.05, 4.69) is 61.8 Å². The van der Waals surface area contributed by atoms with Crippen LogP contribution in [0.25, 0.3) is 0 Å². The number of anilines is 2. The molecule has 0 heterocycles. The lowest BCUT2D eigenvalue weighted by Crippen LogP contribution is -2.22. The van der Waals surface area contributed by atoms with E-state index >= 15 is 0 Å². The van der Waals surface area contributed by atoms with Crippen molar-refractivity contribution in [1.29, 1.82) is 0 Å². The van der Waals surface area contributed by atoms with Crippen LogP contribution in [-0.4, -0.2) is 59.4 Å². The molecular weight excluding hydrogens is 721 g/mol. The highest BCUT2D eigenvalue weighted by atomic mass is 16.3. The van der Waals surface area contributed by atoms with Gasteiger partial charge in [-0.2, -0.15) is 0 Å². The molecule has 0 saturated heterocycles. The lowest BCUT2D eigenvalue weighted by Gasteiger charge is -2.22. The van der Waals surface area contributed by atoms with Gasteiger partial charge in [0.1, 0.15) is 11.5 Å². The van der Waals surface area contributed by atoms with Gasteiger partial charge in [0.25, 0.3) is 0 Å².